The maximum Gasteiger partial charge on any atom is -1.00 e. The van der Waals surface area contributed by atoms with Crippen molar-refractivity contribution < 1.29 is 58.2 Å². The van der Waals surface area contributed by atoms with Crippen molar-refractivity contribution in [1.29, 1.82) is 0 Å². The van der Waals surface area contributed by atoms with Gasteiger partial charge in [-0.3, -0.25) is 0 Å². The molecule has 0 aromatic rings. The topological polar surface area (TPSA) is 58.2 Å². The maximum absolute atomic E-state index is 9.46. The molecule has 7 heteroatoms. The van der Waals surface area contributed by atoms with E-state index in [9.17, 15) is 9.59 Å². The number of hydrogen-bond donors (Lipinski definition) is 2. The quantitative estimate of drug-likeness (QED) is 0.385. The van der Waals surface area contributed by atoms with E-state index in [4.69, 9.17) is 0 Å². The fourth-order valence-electron chi connectivity index (χ4n) is 0.101. The Hall–Kier alpha value is 0.403. The van der Waals surface area contributed by atoms with E-state index in [1.807, 2.05) is 0 Å². The second-order valence-electron chi connectivity index (χ2n) is 0.649. The summed E-state index contributed by atoms with van der Waals surface area (Å²) in [6, 6.07) is 0. The molecule has 0 aliphatic heterocycles. The van der Waals surface area contributed by atoms with Gasteiger partial charge in [0.15, 0.2) is 0 Å². The third-order valence-electron chi connectivity index (χ3n) is 0.262. The number of carbonyl (C=O) groups excluding carboxylic acids is 2. The summed E-state index contributed by atoms with van der Waals surface area (Å²) in [4.78, 5) is 18.9. The zero-order valence-electron chi connectivity index (χ0n) is 4.23. The van der Waals surface area contributed by atoms with Crippen LogP contribution in [0.4, 0.5) is 0 Å². The van der Waals surface area contributed by atoms with Crippen LogP contribution in [0.15, 0.2) is 0 Å². The first-order valence-corrected chi connectivity index (χ1v) is 4.01. The van der Waals surface area contributed by atoms with Crippen LogP contribution in [0.2, 0.25) is 0 Å². The first-order chi connectivity index (χ1) is 3.41. The number of nitrogens with one attached hydrogen (secondary N) is 2. The molecule has 9 heavy (non-hydrogen) atoms. The summed E-state index contributed by atoms with van der Waals surface area (Å²) >= 11 is -1.05. The van der Waals surface area contributed by atoms with E-state index in [-0.39, 0.29) is 24.8 Å². The van der Waals surface area contributed by atoms with E-state index in [0.717, 1.165) is 0 Å². The maximum atomic E-state index is 9.46. The zero-order chi connectivity index (χ0) is 5.54. The SMILES string of the molecule is O=C[NH][Zr+2][NH]C=O.[Cl-].[Cl-]. The second kappa shape index (κ2) is 15.8. The van der Waals surface area contributed by atoms with E-state index in [1.54, 1.807) is 0 Å². The molecular formula is C2H4Cl2N2O2Zr. The first-order valence-electron chi connectivity index (χ1n) is 1.55. The standard InChI is InChI=1S/2CH3NO.2ClH.Zr/c2*2-1-3;;;/h2*1H,(H2,2,3);2*1H;/q;;;;+4/p-4. The molecule has 0 atom stereocenters. The summed E-state index contributed by atoms with van der Waals surface area (Å²) in [6.45, 7) is 0. The molecule has 0 saturated carbocycles. The minimum atomic E-state index is -1.05. The molecule has 0 radical (unpaired) electrons. The molecular weight excluding hydrogens is 246 g/mol. The van der Waals surface area contributed by atoms with Crippen LogP contribution in [0.25, 0.3) is 0 Å². The largest absolute Gasteiger partial charge is 1.00 e. The zero-order valence-corrected chi connectivity index (χ0v) is 8.20. The van der Waals surface area contributed by atoms with Crippen molar-refractivity contribution in [2.45, 2.75) is 0 Å². The van der Waals surface area contributed by atoms with Crippen LogP contribution >= 0.6 is 0 Å². The normalized spacial score (nSPS) is 4.44. The third-order valence-corrected chi connectivity index (χ3v) is 1.55. The summed E-state index contributed by atoms with van der Waals surface area (Å²) < 4.78 is 4.79. The Labute approximate surface area is 77.3 Å². The monoisotopic (exact) mass is 248 g/mol. The fourth-order valence-corrected chi connectivity index (χ4v) is 0.595. The van der Waals surface area contributed by atoms with E-state index < -0.39 is 23.8 Å². The van der Waals surface area contributed by atoms with Crippen molar-refractivity contribution in [3.05, 3.63) is 0 Å². The van der Waals surface area contributed by atoms with Crippen LogP contribution in [0, 0.1) is 0 Å². The molecule has 0 bridgehead atoms. The van der Waals surface area contributed by atoms with Crippen molar-refractivity contribution in [2.75, 3.05) is 0 Å². The van der Waals surface area contributed by atoms with E-state index in [1.165, 1.54) is 0 Å². The Morgan fingerprint density at radius 2 is 1.33 bits per heavy atom. The summed E-state index contributed by atoms with van der Waals surface area (Å²) in [5.41, 5.74) is 0. The molecule has 0 aromatic carbocycles. The Kier molecular flexibility index (Phi) is 28.4. The molecule has 52 valence electrons. The van der Waals surface area contributed by atoms with Crippen LogP contribution in [0.5, 0.6) is 0 Å². The van der Waals surface area contributed by atoms with Crippen molar-refractivity contribution in [1.82, 2.24) is 6.52 Å². The van der Waals surface area contributed by atoms with Crippen molar-refractivity contribution >= 4 is 12.8 Å². The summed E-state index contributed by atoms with van der Waals surface area (Å²) in [6.07, 6.45) is 1.17. The van der Waals surface area contributed by atoms with E-state index in [0.29, 0.717) is 12.8 Å². The molecule has 0 aliphatic carbocycles. The third kappa shape index (κ3) is 17.8. The van der Waals surface area contributed by atoms with Gasteiger partial charge in [-0.25, -0.2) is 0 Å². The van der Waals surface area contributed by atoms with Gasteiger partial charge < -0.3 is 24.8 Å². The molecule has 0 unspecified atom stereocenters. The minimum Gasteiger partial charge on any atom is -1.00 e. The number of hydrogen-bond acceptors (Lipinski definition) is 2. The Morgan fingerprint density at radius 3 is 1.56 bits per heavy atom. The molecule has 2 N–H and O–H groups in total. The molecule has 0 fully saturated rings. The van der Waals surface area contributed by atoms with E-state index >= 15 is 0 Å². The van der Waals surface area contributed by atoms with Gasteiger partial charge in [-0.05, 0) is 0 Å². The van der Waals surface area contributed by atoms with Gasteiger partial charge >= 0.3 is 52.7 Å². The summed E-state index contributed by atoms with van der Waals surface area (Å²) in [7, 11) is 0. The van der Waals surface area contributed by atoms with Gasteiger partial charge in [0, 0.05) is 0 Å². The predicted molar refractivity (Wildman–Crippen MR) is 18.4 cm³/mol. The van der Waals surface area contributed by atoms with Gasteiger partial charge in [-0.15, -0.1) is 0 Å². The minimum absolute atomic E-state index is 0. The number of amides is 2. The Morgan fingerprint density at radius 1 is 1.00 bits per heavy atom. The predicted octanol–water partition coefficient (Wildman–Crippen LogP) is -7.60. The number of halogens is 2. The average molecular weight is 250 g/mol. The summed E-state index contributed by atoms with van der Waals surface area (Å²) in [5, 5.41) is 0. The molecule has 0 aromatic heterocycles. The molecule has 0 heterocycles. The van der Waals surface area contributed by atoms with Crippen LogP contribution in [0.1, 0.15) is 0 Å². The smallest absolute Gasteiger partial charge is 1.00 e. The van der Waals surface area contributed by atoms with Crippen LogP contribution < -0.4 is 31.3 Å². The van der Waals surface area contributed by atoms with Crippen LogP contribution in [0.3, 0.4) is 0 Å². The molecule has 0 saturated heterocycles. The van der Waals surface area contributed by atoms with Gasteiger partial charge in [0.25, 0.3) is 0 Å². The second-order valence-corrected chi connectivity index (χ2v) is 2.68. The molecule has 0 spiro atoms. The molecule has 4 nitrogen and oxygen atoms in total. The molecule has 0 aliphatic rings. The Balaban J connectivity index is -0.000000180. The van der Waals surface area contributed by atoms with Crippen molar-refractivity contribution in [3.63, 3.8) is 0 Å². The van der Waals surface area contributed by atoms with Crippen molar-refractivity contribution in [3.8, 4) is 0 Å². The fraction of sp³-hybridized carbons (Fsp3) is 0. The molecule has 2 amide bonds. The van der Waals surface area contributed by atoms with Crippen molar-refractivity contribution in [2.24, 2.45) is 0 Å². The van der Waals surface area contributed by atoms with Crippen LogP contribution in [-0.4, -0.2) is 12.8 Å². The van der Waals surface area contributed by atoms with E-state index in [2.05, 4.69) is 6.52 Å². The van der Waals surface area contributed by atoms with Crippen LogP contribution in [-0.2, 0) is 33.4 Å². The number of rotatable bonds is 4. The first kappa shape index (κ1) is 16.2. The van der Waals surface area contributed by atoms with Gasteiger partial charge in [0.05, 0.1) is 0 Å². The van der Waals surface area contributed by atoms with Gasteiger partial charge in [-0.2, -0.15) is 0 Å². The van der Waals surface area contributed by atoms with Gasteiger partial charge in [-0.1, -0.05) is 0 Å². The number of carbonyl (C=O) groups is 2. The Bertz CT molecular complexity index is 65.6. The average Bonchev–Trinajstić information content (AvgIpc) is 1.69. The molecule has 0 rings (SSSR count). The van der Waals surface area contributed by atoms with Gasteiger partial charge in [0.2, 0.25) is 0 Å². The summed E-state index contributed by atoms with van der Waals surface area (Å²) in [5.74, 6) is 0. The van der Waals surface area contributed by atoms with Gasteiger partial charge in [0.1, 0.15) is 0 Å².